The van der Waals surface area contributed by atoms with E-state index in [1.165, 1.54) is 0 Å². The summed E-state index contributed by atoms with van der Waals surface area (Å²) in [6, 6.07) is 0.233. The van der Waals surface area contributed by atoms with Crippen LogP contribution in [-0.4, -0.2) is 31.2 Å². The van der Waals surface area contributed by atoms with Gasteiger partial charge in [-0.15, -0.1) is 0 Å². The van der Waals surface area contributed by atoms with E-state index in [9.17, 15) is 4.79 Å². The van der Waals surface area contributed by atoms with Crippen molar-refractivity contribution in [3.05, 3.63) is 0 Å². The van der Waals surface area contributed by atoms with Crippen LogP contribution in [-0.2, 0) is 9.53 Å². The van der Waals surface area contributed by atoms with Gasteiger partial charge in [0.1, 0.15) is 0 Å². The van der Waals surface area contributed by atoms with Gasteiger partial charge in [-0.05, 0) is 25.8 Å². The van der Waals surface area contributed by atoms with Crippen molar-refractivity contribution < 1.29 is 9.53 Å². The maximum atomic E-state index is 11.8. The second-order valence-electron chi connectivity index (χ2n) is 5.67. The Morgan fingerprint density at radius 2 is 2.24 bits per heavy atom. The first-order chi connectivity index (χ1) is 7.91. The first-order valence-electron chi connectivity index (χ1n) is 6.52. The number of hydrogen-bond acceptors (Lipinski definition) is 3. The van der Waals surface area contributed by atoms with E-state index in [1.54, 1.807) is 0 Å². The molecule has 0 aromatic carbocycles. The maximum absolute atomic E-state index is 11.8. The molecule has 17 heavy (non-hydrogen) atoms. The molecule has 4 heteroatoms. The number of nitrogens with one attached hydrogen (secondary N) is 1. The summed E-state index contributed by atoms with van der Waals surface area (Å²) in [5.74, 6) is 0.358. The Morgan fingerprint density at radius 3 is 2.71 bits per heavy atom. The maximum Gasteiger partial charge on any atom is 0.220 e. The minimum Gasteiger partial charge on any atom is -0.378 e. The van der Waals surface area contributed by atoms with Gasteiger partial charge >= 0.3 is 0 Å². The molecule has 4 nitrogen and oxygen atoms in total. The van der Waals surface area contributed by atoms with Crippen LogP contribution in [0.15, 0.2) is 0 Å². The molecule has 0 aromatic rings. The lowest BCUT2D eigenvalue weighted by Gasteiger charge is -2.51. The van der Waals surface area contributed by atoms with E-state index in [0.717, 1.165) is 13.0 Å². The van der Waals surface area contributed by atoms with Crippen molar-refractivity contribution in [2.45, 2.75) is 52.7 Å². The Morgan fingerprint density at radius 1 is 1.59 bits per heavy atom. The normalized spacial score (nSPS) is 28.3. The van der Waals surface area contributed by atoms with Gasteiger partial charge < -0.3 is 15.8 Å². The Kier molecular flexibility index (Phi) is 4.95. The van der Waals surface area contributed by atoms with Crippen LogP contribution in [0.1, 0.15) is 40.5 Å². The van der Waals surface area contributed by atoms with E-state index in [4.69, 9.17) is 10.5 Å². The van der Waals surface area contributed by atoms with Gasteiger partial charge in [-0.25, -0.2) is 0 Å². The Hall–Kier alpha value is -0.610. The fraction of sp³-hybridized carbons (Fsp3) is 0.923. The standard InChI is InChI=1S/C13H26N2O2/c1-5-17-11-7-10(13(11,3)4)15-12(16)6-9(2)8-14/h9-11H,5-8,14H2,1-4H3,(H,15,16). The van der Waals surface area contributed by atoms with Crippen molar-refractivity contribution in [3.8, 4) is 0 Å². The highest BCUT2D eigenvalue weighted by atomic mass is 16.5. The molecule has 1 fully saturated rings. The van der Waals surface area contributed by atoms with Gasteiger partial charge in [-0.1, -0.05) is 20.8 Å². The Labute approximate surface area is 104 Å². The molecule has 3 N–H and O–H groups in total. The average molecular weight is 242 g/mol. The molecule has 0 aromatic heterocycles. The summed E-state index contributed by atoms with van der Waals surface area (Å²) in [5, 5.41) is 3.09. The fourth-order valence-electron chi connectivity index (χ4n) is 2.27. The van der Waals surface area contributed by atoms with Gasteiger partial charge in [0.05, 0.1) is 6.10 Å². The van der Waals surface area contributed by atoms with Gasteiger partial charge in [0.15, 0.2) is 0 Å². The van der Waals surface area contributed by atoms with Gasteiger partial charge in [0, 0.05) is 24.5 Å². The number of amides is 1. The predicted molar refractivity (Wildman–Crippen MR) is 68.6 cm³/mol. The topological polar surface area (TPSA) is 64.3 Å². The van der Waals surface area contributed by atoms with E-state index in [-0.39, 0.29) is 29.4 Å². The fourth-order valence-corrected chi connectivity index (χ4v) is 2.27. The van der Waals surface area contributed by atoms with Crippen molar-refractivity contribution in [3.63, 3.8) is 0 Å². The lowest BCUT2D eigenvalue weighted by Crippen LogP contribution is -2.62. The van der Waals surface area contributed by atoms with Crippen LogP contribution in [0.4, 0.5) is 0 Å². The van der Waals surface area contributed by atoms with Crippen molar-refractivity contribution in [2.24, 2.45) is 17.1 Å². The van der Waals surface area contributed by atoms with Crippen molar-refractivity contribution in [1.29, 1.82) is 0 Å². The Balaban J connectivity index is 2.37. The molecule has 0 spiro atoms. The smallest absolute Gasteiger partial charge is 0.220 e. The minimum atomic E-state index is 0.0393. The number of nitrogens with two attached hydrogens (primary N) is 1. The predicted octanol–water partition coefficient (Wildman–Crippen LogP) is 1.29. The molecule has 0 saturated heterocycles. The molecule has 0 radical (unpaired) electrons. The second-order valence-corrected chi connectivity index (χ2v) is 5.67. The number of ether oxygens (including phenoxy) is 1. The molecular weight excluding hydrogens is 216 g/mol. The van der Waals surface area contributed by atoms with E-state index in [2.05, 4.69) is 19.2 Å². The van der Waals surface area contributed by atoms with E-state index < -0.39 is 0 Å². The van der Waals surface area contributed by atoms with E-state index >= 15 is 0 Å². The molecule has 1 rings (SSSR count). The van der Waals surface area contributed by atoms with Crippen molar-refractivity contribution in [1.82, 2.24) is 5.32 Å². The molecule has 1 amide bonds. The molecule has 1 aliphatic rings. The monoisotopic (exact) mass is 242 g/mol. The third kappa shape index (κ3) is 3.42. The molecule has 3 atom stereocenters. The van der Waals surface area contributed by atoms with Crippen molar-refractivity contribution >= 4 is 5.91 Å². The molecule has 100 valence electrons. The molecular formula is C13H26N2O2. The van der Waals surface area contributed by atoms with Crippen LogP contribution in [0.5, 0.6) is 0 Å². The van der Waals surface area contributed by atoms with Crippen LogP contribution in [0.3, 0.4) is 0 Å². The summed E-state index contributed by atoms with van der Waals surface area (Å²) in [7, 11) is 0. The highest BCUT2D eigenvalue weighted by molar-refractivity contribution is 5.76. The molecule has 0 aliphatic heterocycles. The number of carbonyl (C=O) groups is 1. The van der Waals surface area contributed by atoms with Gasteiger partial charge in [-0.3, -0.25) is 4.79 Å². The minimum absolute atomic E-state index is 0.0393. The lowest BCUT2D eigenvalue weighted by molar-refractivity contribution is -0.137. The zero-order chi connectivity index (χ0) is 13.1. The van der Waals surface area contributed by atoms with Crippen molar-refractivity contribution in [2.75, 3.05) is 13.2 Å². The summed E-state index contributed by atoms with van der Waals surface area (Å²) in [6.45, 7) is 9.59. The SMILES string of the molecule is CCOC1CC(NC(=O)CC(C)CN)C1(C)C. The average Bonchev–Trinajstić information content (AvgIpc) is 2.27. The molecule has 1 saturated carbocycles. The van der Waals surface area contributed by atoms with Gasteiger partial charge in [0.25, 0.3) is 0 Å². The third-order valence-corrected chi connectivity index (χ3v) is 3.82. The number of hydrogen-bond donors (Lipinski definition) is 2. The molecule has 0 heterocycles. The van der Waals surface area contributed by atoms with Gasteiger partial charge in [-0.2, -0.15) is 0 Å². The summed E-state index contributed by atoms with van der Waals surface area (Å²) in [6.07, 6.45) is 1.70. The molecule has 3 unspecified atom stereocenters. The zero-order valence-corrected chi connectivity index (χ0v) is 11.5. The first-order valence-corrected chi connectivity index (χ1v) is 6.52. The number of rotatable bonds is 6. The van der Waals surface area contributed by atoms with Crippen LogP contribution in [0.2, 0.25) is 0 Å². The Bertz CT molecular complexity index is 266. The van der Waals surface area contributed by atoms with Crippen LogP contribution in [0, 0.1) is 11.3 Å². The van der Waals surface area contributed by atoms with Gasteiger partial charge in [0.2, 0.25) is 5.91 Å². The van der Waals surface area contributed by atoms with E-state index in [1.807, 2.05) is 13.8 Å². The second kappa shape index (κ2) is 5.83. The summed E-state index contributed by atoms with van der Waals surface area (Å²) < 4.78 is 5.64. The first kappa shape index (κ1) is 14.5. The summed E-state index contributed by atoms with van der Waals surface area (Å²) in [4.78, 5) is 11.8. The third-order valence-electron chi connectivity index (χ3n) is 3.82. The van der Waals surface area contributed by atoms with Crippen LogP contribution < -0.4 is 11.1 Å². The molecule has 0 bridgehead atoms. The quantitative estimate of drug-likeness (QED) is 0.737. The lowest BCUT2D eigenvalue weighted by atomic mass is 9.64. The van der Waals surface area contributed by atoms with E-state index in [0.29, 0.717) is 13.0 Å². The highest BCUT2D eigenvalue weighted by Crippen LogP contribution is 2.42. The summed E-state index contributed by atoms with van der Waals surface area (Å²) >= 11 is 0. The largest absolute Gasteiger partial charge is 0.378 e. The molecule has 1 aliphatic carbocycles. The van der Waals surface area contributed by atoms with Crippen LogP contribution in [0.25, 0.3) is 0 Å². The van der Waals surface area contributed by atoms with Crippen LogP contribution >= 0.6 is 0 Å². The zero-order valence-electron chi connectivity index (χ0n) is 11.5. The summed E-state index contributed by atoms with van der Waals surface area (Å²) in [5.41, 5.74) is 5.55. The number of carbonyl (C=O) groups excluding carboxylic acids is 1. The highest BCUT2D eigenvalue weighted by Gasteiger charge is 2.49.